The Kier molecular flexibility index (Phi) is 4.33. The molecule has 2 aromatic carbocycles. The van der Waals surface area contributed by atoms with Crippen LogP contribution in [0, 0.1) is 6.92 Å². The summed E-state index contributed by atoms with van der Waals surface area (Å²) < 4.78 is 1.87. The smallest absolute Gasteiger partial charge is 0.261 e. The van der Waals surface area contributed by atoms with Gasteiger partial charge in [0.1, 0.15) is 13.7 Å². The van der Waals surface area contributed by atoms with Crippen molar-refractivity contribution in [3.63, 3.8) is 0 Å². The molecule has 0 unspecified atom stereocenters. The van der Waals surface area contributed by atoms with E-state index in [1.807, 2.05) is 55.7 Å². The van der Waals surface area contributed by atoms with Crippen LogP contribution in [0.1, 0.15) is 30.8 Å². The van der Waals surface area contributed by atoms with Gasteiger partial charge in [-0.05, 0) is 31.4 Å². The summed E-state index contributed by atoms with van der Waals surface area (Å²) in [6, 6.07) is 16.3. The molecule has 1 atom stereocenters. The van der Waals surface area contributed by atoms with E-state index in [9.17, 15) is 4.79 Å². The standard InChI is InChI=1S/C19H21BN2O/c1-3-16(11-14-7-5-4-6-8-14)22-13(2)21-18-10-9-15(20)12-17(18)19(22)23/h4-10,12,16H,3,11,20H2,1-2H3/t16-/m1/s1. The molecule has 0 bridgehead atoms. The summed E-state index contributed by atoms with van der Waals surface area (Å²) in [5.74, 6) is 0.786. The van der Waals surface area contributed by atoms with Crippen LogP contribution in [0.5, 0.6) is 0 Å². The number of hydrogen-bond donors (Lipinski definition) is 0. The molecule has 4 heteroatoms. The molecule has 1 heterocycles. The van der Waals surface area contributed by atoms with Gasteiger partial charge in [0.2, 0.25) is 0 Å². The number of rotatable bonds is 4. The number of benzene rings is 2. The third-order valence-electron chi connectivity index (χ3n) is 4.38. The lowest BCUT2D eigenvalue weighted by atomic mass is 9.95. The average molecular weight is 304 g/mol. The van der Waals surface area contributed by atoms with Crippen LogP contribution in [0.2, 0.25) is 0 Å². The van der Waals surface area contributed by atoms with E-state index in [-0.39, 0.29) is 11.6 Å². The molecular weight excluding hydrogens is 283 g/mol. The molecule has 0 spiro atoms. The Morgan fingerprint density at radius 3 is 2.61 bits per heavy atom. The van der Waals surface area contributed by atoms with E-state index in [2.05, 4.69) is 24.0 Å². The molecule has 0 radical (unpaired) electrons. The van der Waals surface area contributed by atoms with Crippen LogP contribution in [0.4, 0.5) is 0 Å². The normalized spacial score (nSPS) is 12.4. The maximum absolute atomic E-state index is 13.0. The van der Waals surface area contributed by atoms with Gasteiger partial charge in [-0.15, -0.1) is 0 Å². The lowest BCUT2D eigenvalue weighted by Gasteiger charge is -2.21. The zero-order valence-corrected chi connectivity index (χ0v) is 13.9. The summed E-state index contributed by atoms with van der Waals surface area (Å²) in [6.07, 6.45) is 1.74. The van der Waals surface area contributed by atoms with Crippen LogP contribution in [-0.2, 0) is 6.42 Å². The van der Waals surface area contributed by atoms with Gasteiger partial charge in [0.15, 0.2) is 0 Å². The Morgan fingerprint density at radius 1 is 1.17 bits per heavy atom. The van der Waals surface area contributed by atoms with Crippen molar-refractivity contribution >= 4 is 24.2 Å². The summed E-state index contributed by atoms with van der Waals surface area (Å²) in [5, 5.41) is 0.710. The van der Waals surface area contributed by atoms with Gasteiger partial charge in [0, 0.05) is 6.04 Å². The summed E-state index contributed by atoms with van der Waals surface area (Å²) >= 11 is 0. The Bertz CT molecular complexity index is 887. The Morgan fingerprint density at radius 2 is 1.91 bits per heavy atom. The minimum Gasteiger partial charge on any atom is -0.293 e. The van der Waals surface area contributed by atoms with Crippen molar-refractivity contribution in [2.45, 2.75) is 32.7 Å². The molecule has 0 saturated heterocycles. The predicted molar refractivity (Wildman–Crippen MR) is 98.4 cm³/mol. The number of nitrogens with zero attached hydrogens (tertiary/aromatic N) is 2. The molecular formula is C19H21BN2O. The van der Waals surface area contributed by atoms with Crippen LogP contribution in [0.25, 0.3) is 10.9 Å². The second-order valence-corrected chi connectivity index (χ2v) is 6.11. The lowest BCUT2D eigenvalue weighted by Crippen LogP contribution is -2.29. The molecule has 3 rings (SSSR count). The fraction of sp³-hybridized carbons (Fsp3) is 0.263. The zero-order valence-electron chi connectivity index (χ0n) is 13.9. The second-order valence-electron chi connectivity index (χ2n) is 6.11. The van der Waals surface area contributed by atoms with Crippen molar-refractivity contribution in [1.29, 1.82) is 0 Å². The van der Waals surface area contributed by atoms with Crippen molar-refractivity contribution in [2.24, 2.45) is 0 Å². The molecule has 116 valence electrons. The zero-order chi connectivity index (χ0) is 16.4. The molecule has 1 aromatic heterocycles. The quantitative estimate of drug-likeness (QED) is 0.692. The second kappa shape index (κ2) is 6.41. The SMILES string of the molecule is Bc1ccc2nc(C)n([C@H](CC)Cc3ccccc3)c(=O)c2c1. The lowest BCUT2D eigenvalue weighted by molar-refractivity contribution is 0.455. The summed E-state index contributed by atoms with van der Waals surface area (Å²) in [7, 11) is 2.00. The largest absolute Gasteiger partial charge is 0.293 e. The van der Waals surface area contributed by atoms with Crippen molar-refractivity contribution in [1.82, 2.24) is 9.55 Å². The first-order chi connectivity index (χ1) is 11.1. The molecule has 0 aliphatic rings. The maximum Gasteiger partial charge on any atom is 0.261 e. The molecule has 0 fully saturated rings. The Hall–Kier alpha value is -2.36. The highest BCUT2D eigenvalue weighted by molar-refractivity contribution is 6.33. The topological polar surface area (TPSA) is 34.9 Å². The molecule has 0 N–H and O–H groups in total. The first-order valence-electron chi connectivity index (χ1n) is 8.13. The first kappa shape index (κ1) is 15.5. The number of hydrogen-bond acceptors (Lipinski definition) is 2. The van der Waals surface area contributed by atoms with Gasteiger partial charge in [-0.3, -0.25) is 9.36 Å². The molecule has 3 aromatic rings. The fourth-order valence-corrected chi connectivity index (χ4v) is 3.16. The van der Waals surface area contributed by atoms with Crippen LogP contribution in [-0.4, -0.2) is 17.4 Å². The molecule has 0 aliphatic carbocycles. The highest BCUT2D eigenvalue weighted by Gasteiger charge is 2.16. The van der Waals surface area contributed by atoms with E-state index in [1.165, 1.54) is 5.56 Å². The Balaban J connectivity index is 2.11. The summed E-state index contributed by atoms with van der Waals surface area (Å²) in [5.41, 5.74) is 3.18. The van der Waals surface area contributed by atoms with Gasteiger partial charge < -0.3 is 0 Å². The van der Waals surface area contributed by atoms with Crippen molar-refractivity contribution in [3.05, 3.63) is 70.3 Å². The van der Waals surface area contributed by atoms with Crippen LogP contribution < -0.4 is 11.0 Å². The van der Waals surface area contributed by atoms with Crippen LogP contribution in [0.3, 0.4) is 0 Å². The molecule has 23 heavy (non-hydrogen) atoms. The third-order valence-corrected chi connectivity index (χ3v) is 4.38. The number of aromatic nitrogens is 2. The van der Waals surface area contributed by atoms with Gasteiger partial charge >= 0.3 is 0 Å². The molecule has 0 aliphatic heterocycles. The van der Waals surface area contributed by atoms with E-state index in [0.29, 0.717) is 5.39 Å². The van der Waals surface area contributed by atoms with E-state index in [4.69, 9.17) is 0 Å². The highest BCUT2D eigenvalue weighted by atomic mass is 16.1. The predicted octanol–water partition coefficient (Wildman–Crippen LogP) is 2.16. The van der Waals surface area contributed by atoms with E-state index in [0.717, 1.165) is 29.6 Å². The van der Waals surface area contributed by atoms with Crippen molar-refractivity contribution in [3.8, 4) is 0 Å². The van der Waals surface area contributed by atoms with Gasteiger partial charge in [0.05, 0.1) is 10.9 Å². The average Bonchev–Trinajstić information content (AvgIpc) is 2.55. The minimum absolute atomic E-state index is 0.0685. The third kappa shape index (κ3) is 3.07. The van der Waals surface area contributed by atoms with Crippen LogP contribution in [0.15, 0.2) is 53.3 Å². The first-order valence-corrected chi connectivity index (χ1v) is 8.13. The van der Waals surface area contributed by atoms with Gasteiger partial charge in [-0.2, -0.15) is 0 Å². The molecule has 0 saturated carbocycles. The van der Waals surface area contributed by atoms with Gasteiger partial charge in [0.25, 0.3) is 5.56 Å². The van der Waals surface area contributed by atoms with E-state index in [1.54, 1.807) is 0 Å². The number of fused-ring (bicyclic) bond motifs is 1. The minimum atomic E-state index is 0.0685. The molecule has 0 amide bonds. The van der Waals surface area contributed by atoms with Gasteiger partial charge in [-0.25, -0.2) is 4.98 Å². The highest BCUT2D eigenvalue weighted by Crippen LogP contribution is 2.19. The van der Waals surface area contributed by atoms with E-state index >= 15 is 0 Å². The van der Waals surface area contributed by atoms with Gasteiger partial charge in [-0.1, -0.05) is 54.9 Å². The van der Waals surface area contributed by atoms with Crippen LogP contribution >= 0.6 is 0 Å². The number of aryl methyl sites for hydroxylation is 1. The Labute approximate surface area is 137 Å². The summed E-state index contributed by atoms with van der Waals surface area (Å²) in [6.45, 7) is 4.05. The maximum atomic E-state index is 13.0. The fourth-order valence-electron chi connectivity index (χ4n) is 3.16. The molecule has 3 nitrogen and oxygen atoms in total. The van der Waals surface area contributed by atoms with Crippen molar-refractivity contribution in [2.75, 3.05) is 0 Å². The van der Waals surface area contributed by atoms with E-state index < -0.39 is 0 Å². The monoisotopic (exact) mass is 304 g/mol. The summed E-state index contributed by atoms with van der Waals surface area (Å²) in [4.78, 5) is 17.7. The van der Waals surface area contributed by atoms with Crippen molar-refractivity contribution < 1.29 is 0 Å².